The van der Waals surface area contributed by atoms with Crippen molar-refractivity contribution in [1.82, 2.24) is 9.88 Å². The number of esters is 1. The molecule has 144 valence electrons. The lowest BCUT2D eigenvalue weighted by Gasteiger charge is -2.32. The molecule has 2 aromatic rings. The molecule has 6 heteroatoms. The molecule has 0 bridgehead atoms. The Labute approximate surface area is 160 Å². The van der Waals surface area contributed by atoms with Crippen molar-refractivity contribution in [2.75, 3.05) is 38.2 Å². The molecule has 1 aliphatic rings. The molecule has 2 N–H and O–H groups in total. The number of aliphatic hydroxyl groups excluding tert-OH is 1. The first-order chi connectivity index (χ1) is 13.2. The van der Waals surface area contributed by atoms with Crippen LogP contribution in [0, 0.1) is 5.92 Å². The van der Waals surface area contributed by atoms with Gasteiger partial charge in [0.05, 0.1) is 6.61 Å². The number of carbonyl (C=O) groups is 1. The van der Waals surface area contributed by atoms with Gasteiger partial charge >= 0.3 is 5.97 Å². The van der Waals surface area contributed by atoms with Crippen LogP contribution in [0.5, 0.6) is 0 Å². The van der Waals surface area contributed by atoms with Gasteiger partial charge in [0.1, 0.15) is 12.3 Å². The molecule has 2 heterocycles. The number of nitrogens with one attached hydrogen (secondary N) is 1. The minimum atomic E-state index is -0.512. The Morgan fingerprint density at radius 2 is 2.00 bits per heavy atom. The van der Waals surface area contributed by atoms with Crippen LogP contribution < -0.4 is 5.32 Å². The number of rotatable bonds is 8. The molecule has 1 fully saturated rings. The van der Waals surface area contributed by atoms with Crippen LogP contribution in [-0.4, -0.2) is 53.8 Å². The van der Waals surface area contributed by atoms with Crippen LogP contribution in [0.15, 0.2) is 48.7 Å². The second-order valence-corrected chi connectivity index (χ2v) is 6.88. The Kier molecular flexibility index (Phi) is 7.19. The van der Waals surface area contributed by atoms with Gasteiger partial charge in [-0.3, -0.25) is 4.90 Å². The number of ether oxygens (including phenoxy) is 1. The van der Waals surface area contributed by atoms with Crippen molar-refractivity contribution < 1.29 is 14.6 Å². The summed E-state index contributed by atoms with van der Waals surface area (Å²) < 4.78 is 4.90. The van der Waals surface area contributed by atoms with Gasteiger partial charge in [0.2, 0.25) is 0 Å². The number of hydrogen-bond donors (Lipinski definition) is 2. The standard InChI is InChI=1S/C21H27N3O3/c25-12-13-27-21(26)20-14-19(6-9-22-20)23-15-17-7-10-24(11-8-17)16-18-4-2-1-3-5-18/h1-6,9,14,17,25H,7-8,10-13,15-16H2,(H,22,23). The molecule has 0 atom stereocenters. The van der Waals surface area contributed by atoms with E-state index in [2.05, 4.69) is 45.5 Å². The minimum Gasteiger partial charge on any atom is -0.459 e. The summed E-state index contributed by atoms with van der Waals surface area (Å²) in [7, 11) is 0. The first-order valence-electron chi connectivity index (χ1n) is 9.49. The van der Waals surface area contributed by atoms with Gasteiger partial charge in [0.15, 0.2) is 0 Å². The number of carbonyl (C=O) groups excluding carboxylic acids is 1. The molecule has 27 heavy (non-hydrogen) atoms. The number of benzene rings is 1. The fourth-order valence-corrected chi connectivity index (χ4v) is 3.32. The van der Waals surface area contributed by atoms with Gasteiger partial charge in [-0.1, -0.05) is 30.3 Å². The third-order valence-electron chi connectivity index (χ3n) is 4.84. The molecule has 1 saturated heterocycles. The summed E-state index contributed by atoms with van der Waals surface area (Å²) in [4.78, 5) is 18.4. The number of hydrogen-bond acceptors (Lipinski definition) is 6. The molecule has 0 unspecified atom stereocenters. The highest BCUT2D eigenvalue weighted by Gasteiger charge is 2.19. The van der Waals surface area contributed by atoms with E-state index in [1.807, 2.05) is 6.07 Å². The van der Waals surface area contributed by atoms with E-state index >= 15 is 0 Å². The van der Waals surface area contributed by atoms with Crippen LogP contribution in [0.1, 0.15) is 28.9 Å². The summed E-state index contributed by atoms with van der Waals surface area (Å²) in [5.41, 5.74) is 2.49. The monoisotopic (exact) mass is 369 g/mol. The number of pyridine rings is 1. The predicted molar refractivity (Wildman–Crippen MR) is 105 cm³/mol. The van der Waals surface area contributed by atoms with Gasteiger partial charge in [0, 0.05) is 25.0 Å². The molecule has 6 nitrogen and oxygen atoms in total. The average molecular weight is 369 g/mol. The van der Waals surface area contributed by atoms with Gasteiger partial charge in [-0.25, -0.2) is 9.78 Å². The van der Waals surface area contributed by atoms with E-state index in [0.717, 1.165) is 44.7 Å². The third kappa shape index (κ3) is 6.05. The minimum absolute atomic E-state index is 0.0142. The van der Waals surface area contributed by atoms with Crippen molar-refractivity contribution in [2.24, 2.45) is 5.92 Å². The zero-order valence-electron chi connectivity index (χ0n) is 15.5. The van der Waals surface area contributed by atoms with E-state index in [9.17, 15) is 4.79 Å². The maximum atomic E-state index is 11.8. The largest absolute Gasteiger partial charge is 0.459 e. The zero-order valence-corrected chi connectivity index (χ0v) is 15.5. The van der Waals surface area contributed by atoms with E-state index in [0.29, 0.717) is 5.92 Å². The van der Waals surface area contributed by atoms with E-state index in [1.54, 1.807) is 12.3 Å². The third-order valence-corrected chi connectivity index (χ3v) is 4.84. The first-order valence-corrected chi connectivity index (χ1v) is 9.49. The second-order valence-electron chi connectivity index (χ2n) is 6.88. The Bertz CT molecular complexity index is 716. The summed E-state index contributed by atoms with van der Waals surface area (Å²) in [6.07, 6.45) is 3.92. The highest BCUT2D eigenvalue weighted by Crippen LogP contribution is 2.20. The first kappa shape index (κ1) is 19.3. The molecule has 0 radical (unpaired) electrons. The topological polar surface area (TPSA) is 74.7 Å². The Hall–Kier alpha value is -2.44. The number of anilines is 1. The molecule has 0 amide bonds. The van der Waals surface area contributed by atoms with Crippen molar-refractivity contribution in [2.45, 2.75) is 19.4 Å². The average Bonchev–Trinajstić information content (AvgIpc) is 2.72. The normalized spacial score (nSPS) is 15.4. The van der Waals surface area contributed by atoms with Crippen molar-refractivity contribution >= 4 is 11.7 Å². The molecule has 3 rings (SSSR count). The summed E-state index contributed by atoms with van der Waals surface area (Å²) in [5, 5.41) is 12.1. The molecule has 1 aromatic carbocycles. The molecule has 0 saturated carbocycles. The fourth-order valence-electron chi connectivity index (χ4n) is 3.32. The van der Waals surface area contributed by atoms with Crippen molar-refractivity contribution in [1.29, 1.82) is 0 Å². The van der Waals surface area contributed by atoms with Crippen LogP contribution in [0.3, 0.4) is 0 Å². The predicted octanol–water partition coefficient (Wildman–Crippen LogP) is 2.55. The molecular weight excluding hydrogens is 342 g/mol. The van der Waals surface area contributed by atoms with Crippen LogP contribution in [0.4, 0.5) is 5.69 Å². The lowest BCUT2D eigenvalue weighted by Crippen LogP contribution is -2.35. The molecule has 1 aromatic heterocycles. The van der Waals surface area contributed by atoms with E-state index < -0.39 is 5.97 Å². The Morgan fingerprint density at radius 1 is 1.22 bits per heavy atom. The quantitative estimate of drug-likeness (QED) is 0.697. The summed E-state index contributed by atoms with van der Waals surface area (Å²) in [5.74, 6) is 0.108. The van der Waals surface area contributed by atoms with Crippen molar-refractivity contribution in [3.63, 3.8) is 0 Å². The van der Waals surface area contributed by atoms with E-state index in [4.69, 9.17) is 9.84 Å². The molecule has 0 spiro atoms. The SMILES string of the molecule is O=C(OCCO)c1cc(NCC2CCN(Cc3ccccc3)CC2)ccn1. The fraction of sp³-hybridized carbons (Fsp3) is 0.429. The number of piperidine rings is 1. The van der Waals surface area contributed by atoms with Crippen molar-refractivity contribution in [3.8, 4) is 0 Å². The summed E-state index contributed by atoms with van der Waals surface area (Å²) in [6, 6.07) is 14.2. The zero-order chi connectivity index (χ0) is 18.9. The summed E-state index contributed by atoms with van der Waals surface area (Å²) >= 11 is 0. The van der Waals surface area contributed by atoms with Gasteiger partial charge in [-0.05, 0) is 49.5 Å². The lowest BCUT2D eigenvalue weighted by atomic mass is 9.96. The van der Waals surface area contributed by atoms with Crippen LogP contribution in [0.25, 0.3) is 0 Å². The van der Waals surface area contributed by atoms with Gasteiger partial charge in [-0.15, -0.1) is 0 Å². The number of nitrogens with zero attached hydrogens (tertiary/aromatic N) is 2. The van der Waals surface area contributed by atoms with Gasteiger partial charge in [0.25, 0.3) is 0 Å². The number of likely N-dealkylation sites (tertiary alicyclic amines) is 1. The maximum Gasteiger partial charge on any atom is 0.357 e. The van der Waals surface area contributed by atoms with E-state index in [1.165, 1.54) is 5.56 Å². The number of aliphatic hydroxyl groups is 1. The molecule has 1 aliphatic heterocycles. The highest BCUT2D eigenvalue weighted by atomic mass is 16.5. The van der Waals surface area contributed by atoms with Crippen molar-refractivity contribution in [3.05, 3.63) is 59.9 Å². The second kappa shape index (κ2) is 10.0. The van der Waals surface area contributed by atoms with Crippen LogP contribution in [0.2, 0.25) is 0 Å². The van der Waals surface area contributed by atoms with Crippen LogP contribution >= 0.6 is 0 Å². The Morgan fingerprint density at radius 3 is 2.74 bits per heavy atom. The Balaban J connectivity index is 1.43. The van der Waals surface area contributed by atoms with Gasteiger partial charge in [-0.2, -0.15) is 0 Å². The van der Waals surface area contributed by atoms with Gasteiger partial charge < -0.3 is 15.2 Å². The highest BCUT2D eigenvalue weighted by molar-refractivity contribution is 5.88. The lowest BCUT2D eigenvalue weighted by molar-refractivity contribution is 0.0427. The number of aromatic nitrogens is 1. The molecule has 0 aliphatic carbocycles. The summed E-state index contributed by atoms with van der Waals surface area (Å²) in [6.45, 7) is 3.91. The molecular formula is C21H27N3O3. The maximum absolute atomic E-state index is 11.8. The smallest absolute Gasteiger partial charge is 0.357 e. The van der Waals surface area contributed by atoms with E-state index in [-0.39, 0.29) is 18.9 Å². The van der Waals surface area contributed by atoms with Crippen LogP contribution in [-0.2, 0) is 11.3 Å².